The first kappa shape index (κ1) is 19.0. The van der Waals surface area contributed by atoms with Gasteiger partial charge in [-0.25, -0.2) is 4.98 Å². The van der Waals surface area contributed by atoms with Crippen LogP contribution < -0.4 is 5.32 Å². The zero-order valence-corrected chi connectivity index (χ0v) is 14.6. The van der Waals surface area contributed by atoms with Crippen molar-refractivity contribution in [2.45, 2.75) is 18.9 Å². The quantitative estimate of drug-likeness (QED) is 0.910. The average Bonchev–Trinajstić information content (AvgIpc) is 3.17. The summed E-state index contributed by atoms with van der Waals surface area (Å²) in [5, 5.41) is 5.92. The van der Waals surface area contributed by atoms with E-state index in [-0.39, 0.29) is 30.7 Å². The highest BCUT2D eigenvalue weighted by atomic mass is 35.5. The molecule has 5 nitrogen and oxygen atoms in total. The maximum Gasteiger partial charge on any atom is 0.273 e. The number of thiazole rings is 1. The van der Waals surface area contributed by atoms with E-state index < -0.39 is 0 Å². The smallest absolute Gasteiger partial charge is 0.273 e. The Morgan fingerprint density at radius 1 is 1.41 bits per heavy atom. The van der Waals surface area contributed by atoms with Gasteiger partial charge in [0.1, 0.15) is 17.0 Å². The molecule has 22 heavy (non-hydrogen) atoms. The summed E-state index contributed by atoms with van der Waals surface area (Å²) in [7, 11) is 1.97. The summed E-state index contributed by atoms with van der Waals surface area (Å²) >= 11 is 1.47. The van der Waals surface area contributed by atoms with E-state index in [0.29, 0.717) is 11.7 Å². The highest BCUT2D eigenvalue weighted by molar-refractivity contribution is 7.13. The molecule has 0 radical (unpaired) electrons. The number of rotatable bonds is 3. The van der Waals surface area contributed by atoms with E-state index in [1.807, 2.05) is 23.4 Å². The largest absolute Gasteiger partial charge is 0.472 e. The lowest BCUT2D eigenvalue weighted by Crippen LogP contribution is -2.44. The first-order valence-corrected chi connectivity index (χ1v) is 7.60. The van der Waals surface area contributed by atoms with Gasteiger partial charge >= 0.3 is 0 Å². The van der Waals surface area contributed by atoms with Gasteiger partial charge in [0.05, 0.1) is 6.26 Å². The van der Waals surface area contributed by atoms with Crippen molar-refractivity contribution in [1.82, 2.24) is 15.2 Å². The molecule has 3 rings (SSSR count). The molecule has 3 heterocycles. The molecule has 8 heteroatoms. The molecule has 0 aliphatic carbocycles. The summed E-state index contributed by atoms with van der Waals surface area (Å²) in [5.74, 6) is 0.0329. The van der Waals surface area contributed by atoms with Crippen molar-refractivity contribution in [2.75, 3.05) is 20.1 Å². The molecule has 0 unspecified atom stereocenters. The average molecular weight is 364 g/mol. The van der Waals surface area contributed by atoms with Gasteiger partial charge < -0.3 is 14.6 Å². The van der Waals surface area contributed by atoms with Crippen molar-refractivity contribution in [2.24, 2.45) is 0 Å². The van der Waals surface area contributed by atoms with Gasteiger partial charge in [0.2, 0.25) is 0 Å². The third-order valence-corrected chi connectivity index (χ3v) is 4.57. The fraction of sp³-hybridized carbons (Fsp3) is 0.429. The molecule has 0 atom stereocenters. The molecule has 1 saturated heterocycles. The van der Waals surface area contributed by atoms with Crippen LogP contribution in [0.15, 0.2) is 28.4 Å². The van der Waals surface area contributed by atoms with Crippen molar-refractivity contribution >= 4 is 42.1 Å². The summed E-state index contributed by atoms with van der Waals surface area (Å²) in [5.41, 5.74) is 1.46. The highest BCUT2D eigenvalue weighted by Gasteiger charge is 2.24. The number of nitrogens with one attached hydrogen (secondary N) is 1. The molecule has 2 aromatic heterocycles. The third-order valence-electron chi connectivity index (χ3n) is 3.68. The Bertz CT molecular complexity index is 581. The number of hydrogen-bond acceptors (Lipinski definition) is 5. The number of aromatic nitrogens is 1. The molecule has 122 valence electrons. The van der Waals surface area contributed by atoms with Crippen LogP contribution in [0.25, 0.3) is 10.6 Å². The second-order valence-electron chi connectivity index (χ2n) is 4.91. The van der Waals surface area contributed by atoms with Crippen molar-refractivity contribution in [1.29, 1.82) is 0 Å². The van der Waals surface area contributed by atoms with Crippen LogP contribution in [0.5, 0.6) is 0 Å². The molecule has 1 N–H and O–H groups in total. The zero-order valence-electron chi connectivity index (χ0n) is 12.2. The minimum Gasteiger partial charge on any atom is -0.472 e. The van der Waals surface area contributed by atoms with Gasteiger partial charge in [-0.2, -0.15) is 0 Å². The molecule has 1 aliphatic rings. The lowest BCUT2D eigenvalue weighted by atomic mass is 10.1. The minimum atomic E-state index is 0. The van der Waals surface area contributed by atoms with Crippen LogP contribution in [0.3, 0.4) is 0 Å². The molecule has 1 aliphatic heterocycles. The Morgan fingerprint density at radius 2 is 2.14 bits per heavy atom. The standard InChI is InChI=1S/C14H17N3O2S.2ClH/c1-15-11-2-5-17(6-3-11)14(18)12-9-20-13(16-12)10-4-7-19-8-10;;/h4,7-9,11,15H,2-3,5-6H2,1H3;2*1H. The summed E-state index contributed by atoms with van der Waals surface area (Å²) < 4.78 is 5.04. The molecule has 1 amide bonds. The number of likely N-dealkylation sites (tertiary alicyclic amines) is 1. The number of nitrogens with zero attached hydrogens (tertiary/aromatic N) is 2. The van der Waals surface area contributed by atoms with E-state index >= 15 is 0 Å². The van der Waals surface area contributed by atoms with E-state index in [0.717, 1.165) is 36.5 Å². The van der Waals surface area contributed by atoms with Crippen LogP contribution in [0, 0.1) is 0 Å². The Labute approximate surface area is 145 Å². The van der Waals surface area contributed by atoms with Gasteiger partial charge in [-0.05, 0) is 26.0 Å². The monoisotopic (exact) mass is 363 g/mol. The normalized spacial score (nSPS) is 15.0. The number of carbonyl (C=O) groups excluding carboxylic acids is 1. The molecular formula is C14H19Cl2N3O2S. The second kappa shape index (κ2) is 8.53. The lowest BCUT2D eigenvalue weighted by Gasteiger charge is -2.31. The Morgan fingerprint density at radius 3 is 2.73 bits per heavy atom. The number of halogens is 2. The maximum absolute atomic E-state index is 12.4. The fourth-order valence-corrected chi connectivity index (χ4v) is 3.20. The van der Waals surface area contributed by atoms with Gasteiger partial charge in [0, 0.05) is 30.1 Å². The Kier molecular flexibility index (Phi) is 7.35. The zero-order chi connectivity index (χ0) is 13.9. The third kappa shape index (κ3) is 4.01. The summed E-state index contributed by atoms with van der Waals surface area (Å²) in [4.78, 5) is 18.7. The number of carbonyl (C=O) groups is 1. The molecular weight excluding hydrogens is 345 g/mol. The molecule has 0 saturated carbocycles. The molecule has 1 fully saturated rings. The van der Waals surface area contributed by atoms with Crippen molar-refractivity contribution in [3.63, 3.8) is 0 Å². The molecule has 0 bridgehead atoms. The van der Waals surface area contributed by atoms with Crippen molar-refractivity contribution in [3.8, 4) is 10.6 Å². The molecule has 0 aromatic carbocycles. The Hall–Kier alpha value is -1.08. The van der Waals surface area contributed by atoms with E-state index in [9.17, 15) is 4.79 Å². The number of furan rings is 1. The van der Waals surface area contributed by atoms with Gasteiger partial charge in [0.25, 0.3) is 5.91 Å². The van der Waals surface area contributed by atoms with Crippen LogP contribution in [0.1, 0.15) is 23.3 Å². The summed E-state index contributed by atoms with van der Waals surface area (Å²) in [6, 6.07) is 2.38. The van der Waals surface area contributed by atoms with Gasteiger partial charge in [-0.15, -0.1) is 36.2 Å². The van der Waals surface area contributed by atoms with E-state index in [4.69, 9.17) is 4.42 Å². The van der Waals surface area contributed by atoms with Crippen LogP contribution >= 0.6 is 36.2 Å². The molecule has 0 spiro atoms. The second-order valence-corrected chi connectivity index (χ2v) is 5.76. The van der Waals surface area contributed by atoms with Gasteiger partial charge in [0.15, 0.2) is 0 Å². The van der Waals surface area contributed by atoms with E-state index in [2.05, 4.69) is 10.3 Å². The lowest BCUT2D eigenvalue weighted by molar-refractivity contribution is 0.0702. The fourth-order valence-electron chi connectivity index (χ4n) is 2.42. The van der Waals surface area contributed by atoms with Crippen molar-refractivity contribution in [3.05, 3.63) is 29.7 Å². The van der Waals surface area contributed by atoms with Crippen molar-refractivity contribution < 1.29 is 9.21 Å². The van der Waals surface area contributed by atoms with Crippen LogP contribution in [-0.4, -0.2) is 42.0 Å². The first-order chi connectivity index (χ1) is 9.78. The number of amides is 1. The van der Waals surface area contributed by atoms with Crippen LogP contribution in [0.2, 0.25) is 0 Å². The summed E-state index contributed by atoms with van der Waals surface area (Å²) in [6.45, 7) is 1.59. The minimum absolute atomic E-state index is 0. The number of hydrogen-bond donors (Lipinski definition) is 1. The topological polar surface area (TPSA) is 58.4 Å². The van der Waals surface area contributed by atoms with Gasteiger partial charge in [-0.3, -0.25) is 4.79 Å². The predicted octanol–water partition coefficient (Wildman–Crippen LogP) is 3.07. The van der Waals surface area contributed by atoms with E-state index in [1.54, 1.807) is 12.5 Å². The van der Waals surface area contributed by atoms with Gasteiger partial charge in [-0.1, -0.05) is 0 Å². The SMILES string of the molecule is CNC1CCN(C(=O)c2csc(-c3ccoc3)n2)CC1.Cl.Cl. The predicted molar refractivity (Wildman–Crippen MR) is 92.3 cm³/mol. The van der Waals surface area contributed by atoms with Crippen LogP contribution in [-0.2, 0) is 0 Å². The Balaban J connectivity index is 0.00000121. The van der Waals surface area contributed by atoms with E-state index in [1.165, 1.54) is 11.3 Å². The van der Waals surface area contributed by atoms with Crippen LogP contribution in [0.4, 0.5) is 0 Å². The maximum atomic E-state index is 12.4. The highest BCUT2D eigenvalue weighted by Crippen LogP contribution is 2.25. The first-order valence-electron chi connectivity index (χ1n) is 6.72. The summed E-state index contributed by atoms with van der Waals surface area (Å²) in [6.07, 6.45) is 5.26. The number of piperidine rings is 1. The molecule has 2 aromatic rings.